The van der Waals surface area contributed by atoms with Gasteiger partial charge in [-0.15, -0.1) is 0 Å². The van der Waals surface area contributed by atoms with Crippen molar-refractivity contribution in [3.05, 3.63) is 0 Å². The fourth-order valence-corrected chi connectivity index (χ4v) is 2.08. The molecule has 88 valence electrons. The SMILES string of the molecule is CCC(NCC1CCOC1CC)C(=O)O. The van der Waals surface area contributed by atoms with Crippen LogP contribution in [0.3, 0.4) is 0 Å². The second-order valence-corrected chi connectivity index (χ2v) is 4.07. The van der Waals surface area contributed by atoms with Crippen molar-refractivity contribution in [3.63, 3.8) is 0 Å². The number of carbonyl (C=O) groups is 1. The monoisotopic (exact) mass is 215 g/mol. The molecule has 15 heavy (non-hydrogen) atoms. The molecule has 1 aliphatic heterocycles. The molecular weight excluding hydrogens is 194 g/mol. The summed E-state index contributed by atoms with van der Waals surface area (Å²) in [6.45, 7) is 5.56. The highest BCUT2D eigenvalue weighted by atomic mass is 16.5. The van der Waals surface area contributed by atoms with Crippen molar-refractivity contribution in [3.8, 4) is 0 Å². The molecule has 4 nitrogen and oxygen atoms in total. The molecule has 0 radical (unpaired) electrons. The molecule has 3 unspecified atom stereocenters. The summed E-state index contributed by atoms with van der Waals surface area (Å²) in [7, 11) is 0. The summed E-state index contributed by atoms with van der Waals surface area (Å²) in [5, 5.41) is 12.0. The highest BCUT2D eigenvalue weighted by Gasteiger charge is 2.27. The smallest absolute Gasteiger partial charge is 0.320 e. The minimum absolute atomic E-state index is 0.309. The van der Waals surface area contributed by atoms with Crippen molar-refractivity contribution in [2.45, 2.75) is 45.3 Å². The third kappa shape index (κ3) is 3.47. The Labute approximate surface area is 91.0 Å². The molecule has 0 spiro atoms. The van der Waals surface area contributed by atoms with Crippen molar-refractivity contribution >= 4 is 5.97 Å². The van der Waals surface area contributed by atoms with Crippen LogP contribution in [0.25, 0.3) is 0 Å². The Hall–Kier alpha value is -0.610. The predicted molar refractivity (Wildman–Crippen MR) is 57.9 cm³/mol. The van der Waals surface area contributed by atoms with Crippen molar-refractivity contribution in [1.82, 2.24) is 5.32 Å². The fraction of sp³-hybridized carbons (Fsp3) is 0.909. The number of nitrogens with one attached hydrogen (secondary N) is 1. The molecule has 4 heteroatoms. The van der Waals surface area contributed by atoms with Gasteiger partial charge in [0.25, 0.3) is 0 Å². The first kappa shape index (κ1) is 12.5. The van der Waals surface area contributed by atoms with E-state index < -0.39 is 12.0 Å². The van der Waals surface area contributed by atoms with Crippen LogP contribution in [0, 0.1) is 5.92 Å². The van der Waals surface area contributed by atoms with Crippen LogP contribution in [-0.2, 0) is 9.53 Å². The van der Waals surface area contributed by atoms with Gasteiger partial charge in [0, 0.05) is 13.2 Å². The van der Waals surface area contributed by atoms with Crippen molar-refractivity contribution in [2.24, 2.45) is 5.92 Å². The van der Waals surface area contributed by atoms with Crippen molar-refractivity contribution in [1.29, 1.82) is 0 Å². The van der Waals surface area contributed by atoms with Gasteiger partial charge in [0.05, 0.1) is 6.10 Å². The fourth-order valence-electron chi connectivity index (χ4n) is 2.08. The summed E-state index contributed by atoms with van der Waals surface area (Å²) >= 11 is 0. The lowest BCUT2D eigenvalue weighted by Crippen LogP contribution is -2.40. The van der Waals surface area contributed by atoms with Crippen LogP contribution in [0.15, 0.2) is 0 Å². The Morgan fingerprint density at radius 2 is 2.33 bits per heavy atom. The van der Waals surface area contributed by atoms with Gasteiger partial charge in [-0.1, -0.05) is 13.8 Å². The maximum atomic E-state index is 10.8. The average Bonchev–Trinajstić information content (AvgIpc) is 2.65. The molecule has 0 aromatic heterocycles. The second kappa shape index (κ2) is 6.08. The third-order valence-electron chi connectivity index (χ3n) is 3.08. The van der Waals surface area contributed by atoms with Gasteiger partial charge in [0.1, 0.15) is 6.04 Å². The van der Waals surface area contributed by atoms with E-state index >= 15 is 0 Å². The molecule has 0 saturated carbocycles. The minimum Gasteiger partial charge on any atom is -0.480 e. The van der Waals surface area contributed by atoms with Gasteiger partial charge in [-0.25, -0.2) is 0 Å². The van der Waals surface area contributed by atoms with Crippen molar-refractivity contribution in [2.75, 3.05) is 13.2 Å². The maximum Gasteiger partial charge on any atom is 0.320 e. The largest absolute Gasteiger partial charge is 0.480 e. The molecule has 0 aromatic rings. The number of hydrogen-bond acceptors (Lipinski definition) is 3. The standard InChI is InChI=1S/C11H21NO3/c1-3-9(11(13)14)12-7-8-5-6-15-10(8)4-2/h8-10,12H,3-7H2,1-2H3,(H,13,14). The maximum absolute atomic E-state index is 10.8. The molecule has 0 amide bonds. The van der Waals surface area contributed by atoms with Crippen molar-refractivity contribution < 1.29 is 14.6 Å². The van der Waals surface area contributed by atoms with Crippen LogP contribution in [0.4, 0.5) is 0 Å². The summed E-state index contributed by atoms with van der Waals surface area (Å²) in [5.41, 5.74) is 0. The number of rotatable bonds is 6. The molecule has 2 N–H and O–H groups in total. The lowest BCUT2D eigenvalue weighted by Gasteiger charge is -2.19. The molecule has 1 saturated heterocycles. The average molecular weight is 215 g/mol. The van der Waals surface area contributed by atoms with E-state index in [9.17, 15) is 4.79 Å². The van der Waals surface area contributed by atoms with Crippen LogP contribution < -0.4 is 5.32 Å². The van der Waals surface area contributed by atoms with E-state index in [0.717, 1.165) is 26.0 Å². The van der Waals surface area contributed by atoms with E-state index in [-0.39, 0.29) is 0 Å². The van der Waals surface area contributed by atoms with E-state index in [1.54, 1.807) is 0 Å². The minimum atomic E-state index is -0.760. The van der Waals surface area contributed by atoms with Crippen LogP contribution in [-0.4, -0.2) is 36.4 Å². The highest BCUT2D eigenvalue weighted by molar-refractivity contribution is 5.73. The first-order chi connectivity index (χ1) is 7.19. The van der Waals surface area contributed by atoms with E-state index in [1.807, 2.05) is 6.92 Å². The third-order valence-corrected chi connectivity index (χ3v) is 3.08. The number of carboxylic acid groups (broad SMARTS) is 1. The lowest BCUT2D eigenvalue weighted by molar-refractivity contribution is -0.139. The van der Waals surface area contributed by atoms with E-state index in [4.69, 9.17) is 9.84 Å². The number of aliphatic carboxylic acids is 1. The molecule has 1 rings (SSSR count). The Kier molecular flexibility index (Phi) is 5.05. The zero-order valence-electron chi connectivity index (χ0n) is 9.53. The van der Waals surface area contributed by atoms with Gasteiger partial charge in [-0.3, -0.25) is 4.79 Å². The van der Waals surface area contributed by atoms with E-state index in [0.29, 0.717) is 18.4 Å². The molecule has 0 aromatic carbocycles. The number of carboxylic acids is 1. The topological polar surface area (TPSA) is 58.6 Å². The summed E-state index contributed by atoms with van der Waals surface area (Å²) < 4.78 is 5.55. The first-order valence-electron chi connectivity index (χ1n) is 5.76. The molecule has 1 aliphatic rings. The highest BCUT2D eigenvalue weighted by Crippen LogP contribution is 2.22. The number of ether oxygens (including phenoxy) is 1. The Morgan fingerprint density at radius 3 is 2.87 bits per heavy atom. The van der Waals surface area contributed by atoms with Gasteiger partial charge < -0.3 is 15.2 Å². The summed E-state index contributed by atoms with van der Waals surface area (Å²) in [5.74, 6) is -0.284. The normalized spacial score (nSPS) is 27.9. The van der Waals surface area contributed by atoms with Gasteiger partial charge in [0.2, 0.25) is 0 Å². The predicted octanol–water partition coefficient (Wildman–Crippen LogP) is 1.25. The van der Waals surface area contributed by atoms with Crippen LogP contribution in [0.1, 0.15) is 33.1 Å². The molecule has 0 bridgehead atoms. The Balaban J connectivity index is 2.32. The summed E-state index contributed by atoms with van der Waals surface area (Å²) in [6.07, 6.45) is 2.99. The quantitative estimate of drug-likeness (QED) is 0.700. The Bertz CT molecular complexity index is 208. The summed E-state index contributed by atoms with van der Waals surface area (Å²) in [4.78, 5) is 10.8. The first-order valence-corrected chi connectivity index (χ1v) is 5.76. The molecule has 1 heterocycles. The molecule has 1 fully saturated rings. The molecular formula is C11H21NO3. The lowest BCUT2D eigenvalue weighted by atomic mass is 9.99. The van der Waals surface area contributed by atoms with Crippen LogP contribution in [0.2, 0.25) is 0 Å². The van der Waals surface area contributed by atoms with E-state index in [1.165, 1.54) is 0 Å². The molecule has 3 atom stereocenters. The van der Waals surface area contributed by atoms with E-state index in [2.05, 4.69) is 12.2 Å². The zero-order valence-corrected chi connectivity index (χ0v) is 9.53. The Morgan fingerprint density at radius 1 is 1.60 bits per heavy atom. The van der Waals surface area contributed by atoms with Gasteiger partial charge in [-0.2, -0.15) is 0 Å². The van der Waals surface area contributed by atoms with Crippen LogP contribution >= 0.6 is 0 Å². The van der Waals surface area contributed by atoms with Gasteiger partial charge in [-0.05, 0) is 25.2 Å². The van der Waals surface area contributed by atoms with Gasteiger partial charge >= 0.3 is 5.97 Å². The second-order valence-electron chi connectivity index (χ2n) is 4.07. The molecule has 0 aliphatic carbocycles. The summed E-state index contributed by atoms with van der Waals surface area (Å²) in [6, 6.07) is -0.414. The zero-order chi connectivity index (χ0) is 11.3. The number of hydrogen-bond donors (Lipinski definition) is 2. The van der Waals surface area contributed by atoms with Gasteiger partial charge in [0.15, 0.2) is 0 Å². The van der Waals surface area contributed by atoms with Crippen LogP contribution in [0.5, 0.6) is 0 Å².